The van der Waals surface area contributed by atoms with Crippen molar-refractivity contribution < 1.29 is 9.53 Å². The highest BCUT2D eigenvalue weighted by molar-refractivity contribution is 6.01. The number of methoxy groups -OCH3 is 1. The fraction of sp³-hybridized carbons (Fsp3) is 0.250. The second-order valence-corrected chi connectivity index (χ2v) is 4.87. The van der Waals surface area contributed by atoms with Crippen molar-refractivity contribution in [2.45, 2.75) is 6.17 Å². The van der Waals surface area contributed by atoms with Crippen LogP contribution in [0, 0.1) is 0 Å². The summed E-state index contributed by atoms with van der Waals surface area (Å²) in [7, 11) is 1.63. The van der Waals surface area contributed by atoms with Crippen molar-refractivity contribution in [3.05, 3.63) is 59.9 Å². The Bertz CT molecular complexity index is 630. The third-order valence-electron chi connectivity index (χ3n) is 3.56. The summed E-state index contributed by atoms with van der Waals surface area (Å²) >= 11 is 0. The third kappa shape index (κ3) is 2.60. The zero-order valence-electron chi connectivity index (χ0n) is 11.8. The Morgan fingerprint density at radius 1 is 1.29 bits per heavy atom. The Kier molecular flexibility index (Phi) is 3.83. The number of fused-ring (bicyclic) bond motifs is 1. The van der Waals surface area contributed by atoms with Crippen LogP contribution in [0.25, 0.3) is 0 Å². The standard InChI is InChI=1S/C16H17N3O2/c1-21-10-9-19-15(12-5-4-8-17-11-12)18-14-7-3-2-6-13(14)16(19)20/h2-8,11,15,18H,9-10H2,1H3. The average molecular weight is 283 g/mol. The second-order valence-electron chi connectivity index (χ2n) is 4.87. The first-order valence-electron chi connectivity index (χ1n) is 6.86. The summed E-state index contributed by atoms with van der Waals surface area (Å²) < 4.78 is 5.13. The lowest BCUT2D eigenvalue weighted by atomic mass is 10.0. The van der Waals surface area contributed by atoms with Crippen LogP contribution in [0.4, 0.5) is 5.69 Å². The molecule has 21 heavy (non-hydrogen) atoms. The number of anilines is 1. The van der Waals surface area contributed by atoms with E-state index in [9.17, 15) is 4.79 Å². The van der Waals surface area contributed by atoms with Crippen molar-refractivity contribution in [1.82, 2.24) is 9.88 Å². The van der Waals surface area contributed by atoms with E-state index in [1.54, 1.807) is 24.4 Å². The molecular weight excluding hydrogens is 266 g/mol. The van der Waals surface area contributed by atoms with Crippen molar-refractivity contribution in [1.29, 1.82) is 0 Å². The smallest absolute Gasteiger partial charge is 0.257 e. The number of amides is 1. The van der Waals surface area contributed by atoms with E-state index in [-0.39, 0.29) is 12.1 Å². The Labute approximate surface area is 123 Å². The molecule has 0 aliphatic carbocycles. The van der Waals surface area contributed by atoms with Crippen LogP contribution in [-0.2, 0) is 4.74 Å². The first-order valence-corrected chi connectivity index (χ1v) is 6.86. The van der Waals surface area contributed by atoms with Gasteiger partial charge in [0.2, 0.25) is 0 Å². The van der Waals surface area contributed by atoms with Gasteiger partial charge in [0.05, 0.1) is 12.2 Å². The van der Waals surface area contributed by atoms with Gasteiger partial charge >= 0.3 is 0 Å². The van der Waals surface area contributed by atoms with Gasteiger partial charge in [-0.25, -0.2) is 0 Å². The molecule has 3 rings (SSSR count). The van der Waals surface area contributed by atoms with Crippen LogP contribution in [0.15, 0.2) is 48.8 Å². The monoisotopic (exact) mass is 283 g/mol. The molecule has 0 saturated carbocycles. The summed E-state index contributed by atoms with van der Waals surface area (Å²) in [5.41, 5.74) is 2.50. The van der Waals surface area contributed by atoms with Gasteiger partial charge in [-0.3, -0.25) is 9.78 Å². The minimum atomic E-state index is -0.226. The first-order chi connectivity index (χ1) is 10.3. The summed E-state index contributed by atoms with van der Waals surface area (Å²) in [5, 5.41) is 3.41. The zero-order chi connectivity index (χ0) is 14.7. The maximum Gasteiger partial charge on any atom is 0.257 e. The molecule has 0 fully saturated rings. The highest BCUT2D eigenvalue weighted by atomic mass is 16.5. The topological polar surface area (TPSA) is 54.5 Å². The molecule has 1 aliphatic heterocycles. The van der Waals surface area contributed by atoms with Crippen LogP contribution in [-0.4, -0.2) is 36.1 Å². The van der Waals surface area contributed by atoms with E-state index < -0.39 is 0 Å². The number of carbonyl (C=O) groups excluding carboxylic acids is 1. The van der Waals surface area contributed by atoms with Crippen molar-refractivity contribution in [3.8, 4) is 0 Å². The van der Waals surface area contributed by atoms with Gasteiger partial charge in [0.25, 0.3) is 5.91 Å². The summed E-state index contributed by atoms with van der Waals surface area (Å²) in [6, 6.07) is 11.4. The summed E-state index contributed by atoms with van der Waals surface area (Å²) in [6.45, 7) is 1.02. The quantitative estimate of drug-likeness (QED) is 0.935. The van der Waals surface area contributed by atoms with E-state index in [1.165, 1.54) is 0 Å². The number of nitrogens with zero attached hydrogens (tertiary/aromatic N) is 2. The number of carbonyl (C=O) groups is 1. The van der Waals surface area contributed by atoms with E-state index in [0.29, 0.717) is 18.7 Å². The Balaban J connectivity index is 1.99. The highest BCUT2D eigenvalue weighted by Gasteiger charge is 2.32. The Morgan fingerprint density at radius 2 is 2.14 bits per heavy atom. The van der Waals surface area contributed by atoms with Crippen LogP contribution in [0.3, 0.4) is 0 Å². The first kappa shape index (κ1) is 13.6. The van der Waals surface area contributed by atoms with E-state index in [0.717, 1.165) is 11.3 Å². The fourth-order valence-corrected chi connectivity index (χ4v) is 2.51. The summed E-state index contributed by atoms with van der Waals surface area (Å²) in [4.78, 5) is 18.6. The SMILES string of the molecule is COCCN1C(=O)c2ccccc2NC1c1cccnc1. The number of benzene rings is 1. The minimum Gasteiger partial charge on any atom is -0.383 e. The molecule has 5 nitrogen and oxygen atoms in total. The predicted molar refractivity (Wildman–Crippen MR) is 80.0 cm³/mol. The molecule has 1 aliphatic rings. The van der Waals surface area contributed by atoms with Gasteiger partial charge < -0.3 is 15.0 Å². The largest absolute Gasteiger partial charge is 0.383 e. The van der Waals surface area contributed by atoms with Crippen LogP contribution in [0.5, 0.6) is 0 Å². The van der Waals surface area contributed by atoms with Crippen molar-refractivity contribution in [2.24, 2.45) is 0 Å². The highest BCUT2D eigenvalue weighted by Crippen LogP contribution is 2.32. The number of pyridine rings is 1. The number of hydrogen-bond donors (Lipinski definition) is 1. The third-order valence-corrected chi connectivity index (χ3v) is 3.56. The normalized spacial score (nSPS) is 17.3. The van der Waals surface area contributed by atoms with Gasteiger partial charge in [0, 0.05) is 37.3 Å². The molecule has 1 N–H and O–H groups in total. The number of nitrogens with one attached hydrogen (secondary N) is 1. The van der Waals surface area contributed by atoms with Gasteiger partial charge in [0.15, 0.2) is 0 Å². The van der Waals surface area contributed by atoms with Crippen LogP contribution >= 0.6 is 0 Å². The molecule has 108 valence electrons. The van der Waals surface area contributed by atoms with Crippen molar-refractivity contribution in [3.63, 3.8) is 0 Å². The maximum absolute atomic E-state index is 12.7. The molecule has 5 heteroatoms. The van der Waals surface area contributed by atoms with Crippen LogP contribution in [0.2, 0.25) is 0 Å². The van der Waals surface area contributed by atoms with E-state index >= 15 is 0 Å². The van der Waals surface area contributed by atoms with Gasteiger partial charge in [-0.15, -0.1) is 0 Å². The molecule has 1 amide bonds. The lowest BCUT2D eigenvalue weighted by Gasteiger charge is -2.37. The summed E-state index contributed by atoms with van der Waals surface area (Å²) in [5.74, 6) is 0.00949. The van der Waals surface area contributed by atoms with Crippen LogP contribution < -0.4 is 5.32 Å². The average Bonchev–Trinajstić information content (AvgIpc) is 2.55. The van der Waals surface area contributed by atoms with E-state index in [4.69, 9.17) is 4.74 Å². The predicted octanol–water partition coefficient (Wildman–Crippen LogP) is 2.29. The number of rotatable bonds is 4. The van der Waals surface area contributed by atoms with Gasteiger partial charge in [0.1, 0.15) is 6.17 Å². The molecule has 1 unspecified atom stereocenters. The molecule has 0 radical (unpaired) electrons. The molecular formula is C16H17N3O2. The van der Waals surface area contributed by atoms with Crippen molar-refractivity contribution in [2.75, 3.05) is 25.6 Å². The van der Waals surface area contributed by atoms with E-state index in [1.807, 2.05) is 36.4 Å². The molecule has 1 aromatic carbocycles. The minimum absolute atomic E-state index is 0.00949. The fourth-order valence-electron chi connectivity index (χ4n) is 2.51. The zero-order valence-corrected chi connectivity index (χ0v) is 11.8. The molecule has 2 heterocycles. The second kappa shape index (κ2) is 5.93. The molecule has 1 atom stereocenters. The summed E-state index contributed by atoms with van der Waals surface area (Å²) in [6.07, 6.45) is 3.27. The Hall–Kier alpha value is -2.40. The number of hydrogen-bond acceptors (Lipinski definition) is 4. The molecule has 1 aromatic heterocycles. The van der Waals surface area contributed by atoms with Crippen LogP contribution in [0.1, 0.15) is 22.1 Å². The van der Waals surface area contributed by atoms with E-state index in [2.05, 4.69) is 10.3 Å². The lowest BCUT2D eigenvalue weighted by molar-refractivity contribution is 0.0609. The maximum atomic E-state index is 12.7. The lowest BCUT2D eigenvalue weighted by Crippen LogP contribution is -2.44. The molecule has 0 saturated heterocycles. The van der Waals surface area contributed by atoms with Crippen molar-refractivity contribution >= 4 is 11.6 Å². The Morgan fingerprint density at radius 3 is 2.90 bits per heavy atom. The number of para-hydroxylation sites is 1. The van der Waals surface area contributed by atoms with Gasteiger partial charge in [-0.1, -0.05) is 18.2 Å². The molecule has 0 bridgehead atoms. The van der Waals surface area contributed by atoms with Gasteiger partial charge in [-0.05, 0) is 18.2 Å². The number of aromatic nitrogens is 1. The van der Waals surface area contributed by atoms with Gasteiger partial charge in [-0.2, -0.15) is 0 Å². The molecule has 0 spiro atoms. The molecule has 2 aromatic rings. The number of ether oxygens (including phenoxy) is 1.